The normalized spacial score (nSPS) is 11.6. The zero-order valence-corrected chi connectivity index (χ0v) is 19.2. The van der Waals surface area contributed by atoms with E-state index in [2.05, 4.69) is 5.32 Å². The summed E-state index contributed by atoms with van der Waals surface area (Å²) in [7, 11) is 0. The molecule has 0 radical (unpaired) electrons. The second kappa shape index (κ2) is 10.6. The molecular formula is C28H26N2O4. The molecule has 0 aliphatic rings. The molecule has 1 amide bonds. The number of nitrogens with one attached hydrogen (secondary N) is 1. The molecule has 0 spiro atoms. The van der Waals surface area contributed by atoms with Crippen molar-refractivity contribution in [2.24, 2.45) is 0 Å². The number of fused-ring (bicyclic) bond motifs is 1. The van der Waals surface area contributed by atoms with Gasteiger partial charge in [0.2, 0.25) is 0 Å². The molecule has 3 aromatic carbocycles. The molecule has 6 heteroatoms. The van der Waals surface area contributed by atoms with Gasteiger partial charge in [-0.05, 0) is 25.0 Å². The van der Waals surface area contributed by atoms with Gasteiger partial charge in [0.05, 0.1) is 23.7 Å². The summed E-state index contributed by atoms with van der Waals surface area (Å²) in [4.78, 5) is 30.9. The Kier molecular flexibility index (Phi) is 7.18. The largest absolute Gasteiger partial charge is 0.513 e. The lowest BCUT2D eigenvalue weighted by Crippen LogP contribution is -2.29. The van der Waals surface area contributed by atoms with Gasteiger partial charge < -0.3 is 14.8 Å². The number of aromatic nitrogens is 1. The average molecular weight is 455 g/mol. The monoisotopic (exact) mass is 454 g/mol. The minimum absolute atomic E-state index is 0.0729. The maximum atomic E-state index is 13.8. The lowest BCUT2D eigenvalue weighted by Gasteiger charge is -2.20. The van der Waals surface area contributed by atoms with Crippen LogP contribution in [0.3, 0.4) is 0 Å². The molecule has 0 aliphatic carbocycles. The number of carbonyl (C=O) groups excluding carboxylic acids is 2. The Labute approximate surface area is 198 Å². The van der Waals surface area contributed by atoms with Gasteiger partial charge in [0.1, 0.15) is 5.69 Å². The van der Waals surface area contributed by atoms with Crippen molar-refractivity contribution in [3.8, 4) is 17.0 Å². The number of rotatable bonds is 7. The molecule has 34 heavy (non-hydrogen) atoms. The van der Waals surface area contributed by atoms with Crippen molar-refractivity contribution < 1.29 is 19.1 Å². The van der Waals surface area contributed by atoms with Crippen LogP contribution >= 0.6 is 0 Å². The summed E-state index contributed by atoms with van der Waals surface area (Å²) in [6, 6.07) is 26.2. The van der Waals surface area contributed by atoms with Gasteiger partial charge in [-0.2, -0.15) is 0 Å². The first kappa shape index (κ1) is 23.0. The first-order chi connectivity index (χ1) is 16.6. The molecule has 172 valence electrons. The van der Waals surface area contributed by atoms with Gasteiger partial charge in [0, 0.05) is 10.9 Å². The van der Waals surface area contributed by atoms with Crippen LogP contribution in [0.4, 0.5) is 4.79 Å². The van der Waals surface area contributed by atoms with Gasteiger partial charge in [-0.3, -0.25) is 4.79 Å². The summed E-state index contributed by atoms with van der Waals surface area (Å²) in [6.07, 6.45) is -0.195. The van der Waals surface area contributed by atoms with Crippen LogP contribution in [-0.4, -0.2) is 23.7 Å². The molecule has 0 bridgehead atoms. The van der Waals surface area contributed by atoms with E-state index in [-0.39, 0.29) is 29.9 Å². The molecule has 1 atom stereocenters. The first-order valence-electron chi connectivity index (χ1n) is 11.3. The number of carbonyl (C=O) groups is 2. The molecule has 1 heterocycles. The Balaban J connectivity index is 1.89. The lowest BCUT2D eigenvalue weighted by molar-refractivity contribution is 0.0924. The second-order valence-corrected chi connectivity index (χ2v) is 7.68. The molecule has 1 N–H and O–H groups in total. The summed E-state index contributed by atoms with van der Waals surface area (Å²) in [5.41, 5.74) is 2.97. The van der Waals surface area contributed by atoms with Gasteiger partial charge in [0.15, 0.2) is 5.75 Å². The number of para-hydroxylation sites is 1. The van der Waals surface area contributed by atoms with Crippen molar-refractivity contribution in [3.63, 3.8) is 0 Å². The summed E-state index contributed by atoms with van der Waals surface area (Å²) in [5.74, 6) is -0.283. The van der Waals surface area contributed by atoms with Crippen molar-refractivity contribution in [1.82, 2.24) is 10.3 Å². The minimum atomic E-state index is -0.888. The fraction of sp³-hybridized carbons (Fsp3) is 0.179. The number of benzene rings is 3. The molecular weight excluding hydrogens is 428 g/mol. The fourth-order valence-corrected chi connectivity index (χ4v) is 3.88. The summed E-state index contributed by atoms with van der Waals surface area (Å²) >= 11 is 0. The first-order valence-corrected chi connectivity index (χ1v) is 11.3. The van der Waals surface area contributed by atoms with Crippen molar-refractivity contribution in [1.29, 1.82) is 0 Å². The topological polar surface area (TPSA) is 77.5 Å². The van der Waals surface area contributed by atoms with E-state index < -0.39 is 6.16 Å². The number of pyridine rings is 1. The number of hydrogen-bond acceptors (Lipinski definition) is 5. The number of hydrogen-bond donors (Lipinski definition) is 1. The maximum Gasteiger partial charge on any atom is 0.513 e. The molecule has 1 aromatic heterocycles. The highest BCUT2D eigenvalue weighted by Crippen LogP contribution is 2.37. The highest BCUT2D eigenvalue weighted by atomic mass is 16.7. The van der Waals surface area contributed by atoms with Crippen LogP contribution in [0.25, 0.3) is 22.2 Å². The second-order valence-electron chi connectivity index (χ2n) is 7.68. The maximum absolute atomic E-state index is 13.8. The predicted molar refractivity (Wildman–Crippen MR) is 132 cm³/mol. The van der Waals surface area contributed by atoms with Gasteiger partial charge in [-0.15, -0.1) is 0 Å². The summed E-state index contributed by atoms with van der Waals surface area (Å²) < 4.78 is 10.7. The van der Waals surface area contributed by atoms with Crippen LogP contribution in [0.2, 0.25) is 0 Å². The molecule has 4 rings (SSSR count). The van der Waals surface area contributed by atoms with Gasteiger partial charge >= 0.3 is 6.16 Å². The van der Waals surface area contributed by atoms with Gasteiger partial charge in [-0.1, -0.05) is 85.8 Å². The number of ether oxygens (including phenoxy) is 2. The standard InChI is InChI=1S/C28H26N2O4/c1-3-22(19-13-7-5-8-14-19)30-27(31)24-21-17-11-12-18-23(21)29-25(20-15-9-6-10-16-20)26(24)34-28(32)33-4-2/h5-18,22H,3-4H2,1-2H3,(H,30,31)/t22-/m0/s1. The van der Waals surface area contributed by atoms with Gasteiger partial charge in [-0.25, -0.2) is 9.78 Å². The van der Waals surface area contributed by atoms with E-state index in [0.29, 0.717) is 23.0 Å². The Morgan fingerprint density at radius 1 is 0.882 bits per heavy atom. The number of amides is 1. The highest BCUT2D eigenvalue weighted by Gasteiger charge is 2.27. The molecule has 4 aromatic rings. The average Bonchev–Trinajstić information content (AvgIpc) is 2.88. The van der Waals surface area contributed by atoms with Crippen LogP contribution < -0.4 is 10.1 Å². The van der Waals surface area contributed by atoms with E-state index in [9.17, 15) is 9.59 Å². The lowest BCUT2D eigenvalue weighted by atomic mass is 10.00. The van der Waals surface area contributed by atoms with Crippen LogP contribution in [0.15, 0.2) is 84.9 Å². The van der Waals surface area contributed by atoms with Crippen LogP contribution in [-0.2, 0) is 4.74 Å². The third-order valence-corrected chi connectivity index (χ3v) is 5.49. The van der Waals surface area contributed by atoms with Gasteiger partial charge in [0.25, 0.3) is 5.91 Å². The molecule has 0 unspecified atom stereocenters. The quantitative estimate of drug-likeness (QED) is 0.331. The Hall–Kier alpha value is -4.19. The third kappa shape index (κ3) is 4.91. The van der Waals surface area contributed by atoms with E-state index >= 15 is 0 Å². The van der Waals surface area contributed by atoms with E-state index in [1.807, 2.05) is 85.8 Å². The zero-order chi connectivity index (χ0) is 23.9. The van der Waals surface area contributed by atoms with Crippen molar-refractivity contribution in [2.45, 2.75) is 26.3 Å². The molecule has 6 nitrogen and oxygen atoms in total. The molecule has 0 saturated carbocycles. The van der Waals surface area contributed by atoms with Crippen LogP contribution in [0, 0.1) is 0 Å². The van der Waals surface area contributed by atoms with Crippen LogP contribution in [0.5, 0.6) is 5.75 Å². The van der Waals surface area contributed by atoms with Crippen molar-refractivity contribution in [2.75, 3.05) is 6.61 Å². The Bertz CT molecular complexity index is 1290. The SMILES string of the molecule is CCOC(=O)Oc1c(-c2ccccc2)nc2ccccc2c1C(=O)N[C@@H](CC)c1ccccc1. The Morgan fingerprint density at radius 3 is 2.21 bits per heavy atom. The summed E-state index contributed by atoms with van der Waals surface area (Å²) in [6.45, 7) is 3.85. The minimum Gasteiger partial charge on any atom is -0.434 e. The van der Waals surface area contributed by atoms with E-state index in [1.54, 1.807) is 13.0 Å². The predicted octanol–water partition coefficient (Wildman–Crippen LogP) is 6.32. The smallest absolute Gasteiger partial charge is 0.434 e. The van der Waals surface area contributed by atoms with E-state index in [1.165, 1.54) is 0 Å². The zero-order valence-electron chi connectivity index (χ0n) is 19.2. The van der Waals surface area contributed by atoms with Crippen molar-refractivity contribution >= 4 is 23.0 Å². The fourth-order valence-electron chi connectivity index (χ4n) is 3.88. The van der Waals surface area contributed by atoms with Crippen LogP contribution in [0.1, 0.15) is 42.2 Å². The Morgan fingerprint density at radius 2 is 1.53 bits per heavy atom. The van der Waals surface area contributed by atoms with E-state index in [0.717, 1.165) is 11.1 Å². The molecule has 0 saturated heterocycles. The third-order valence-electron chi connectivity index (χ3n) is 5.49. The summed E-state index contributed by atoms with van der Waals surface area (Å²) in [5, 5.41) is 3.70. The molecule has 0 aliphatic heterocycles. The van der Waals surface area contributed by atoms with Crippen molar-refractivity contribution in [3.05, 3.63) is 96.1 Å². The van der Waals surface area contributed by atoms with E-state index in [4.69, 9.17) is 14.5 Å². The highest BCUT2D eigenvalue weighted by molar-refractivity contribution is 6.11. The molecule has 0 fully saturated rings. The number of nitrogens with zero attached hydrogens (tertiary/aromatic N) is 1.